The van der Waals surface area contributed by atoms with Gasteiger partial charge in [0.05, 0.1) is 16.8 Å². The zero-order valence-corrected chi connectivity index (χ0v) is 14.4. The molecule has 5 nitrogen and oxygen atoms in total. The number of aromatic amines is 1. The molecule has 25 heavy (non-hydrogen) atoms. The van der Waals surface area contributed by atoms with Gasteiger partial charge in [0.25, 0.3) is 5.91 Å². The molecule has 1 aromatic heterocycles. The first kappa shape index (κ1) is 16.4. The molecule has 1 fully saturated rings. The largest absolute Gasteiger partial charge is 0.367 e. The fourth-order valence-electron chi connectivity index (χ4n) is 4.43. The van der Waals surface area contributed by atoms with Gasteiger partial charge in [-0.05, 0) is 50.2 Å². The van der Waals surface area contributed by atoms with Gasteiger partial charge in [-0.3, -0.25) is 4.79 Å². The Morgan fingerprint density at radius 1 is 1.24 bits per heavy atom. The first-order chi connectivity index (χ1) is 12.1. The van der Waals surface area contributed by atoms with Crippen LogP contribution in [0.5, 0.6) is 0 Å². The zero-order valence-electron chi connectivity index (χ0n) is 14.4. The number of fused-ring (bicyclic) bond motifs is 3. The number of amides is 1. The predicted octanol–water partition coefficient (Wildman–Crippen LogP) is 2.60. The number of aromatic nitrogens is 1. The molecule has 0 saturated carbocycles. The Balaban J connectivity index is 1.98. The molecule has 1 amide bonds. The average molecular weight is 344 g/mol. The van der Waals surface area contributed by atoms with Crippen molar-refractivity contribution in [3.63, 3.8) is 0 Å². The summed E-state index contributed by atoms with van der Waals surface area (Å²) >= 11 is 0. The lowest BCUT2D eigenvalue weighted by Gasteiger charge is -2.33. The summed E-state index contributed by atoms with van der Waals surface area (Å²) in [6.45, 7) is 1.43. The molecule has 1 saturated heterocycles. The summed E-state index contributed by atoms with van der Waals surface area (Å²) in [5.41, 5.74) is 15.5. The van der Waals surface area contributed by atoms with E-state index in [0.717, 1.165) is 61.7 Å². The monoisotopic (exact) mass is 344 g/mol. The van der Waals surface area contributed by atoms with E-state index in [9.17, 15) is 4.79 Å². The number of carbonyl (C=O) groups excluding carboxylic acids is 1. The molecule has 2 aromatic rings. The predicted molar refractivity (Wildman–Crippen MR) is 97.5 cm³/mol. The lowest BCUT2D eigenvalue weighted by atomic mass is 9.98. The molecule has 0 radical (unpaired) electrons. The van der Waals surface area contributed by atoms with Crippen molar-refractivity contribution in [2.24, 2.45) is 11.5 Å². The number of anilines is 1. The summed E-state index contributed by atoms with van der Waals surface area (Å²) in [6.07, 6.45) is 7.12. The fourth-order valence-corrected chi connectivity index (χ4v) is 4.43. The second-order valence-corrected chi connectivity index (χ2v) is 7.36. The lowest BCUT2D eigenvalue weighted by molar-refractivity contribution is 0.100. The molecule has 6 heteroatoms. The van der Waals surface area contributed by atoms with Crippen molar-refractivity contribution < 1.29 is 9.18 Å². The normalized spacial score (nSPS) is 21.2. The van der Waals surface area contributed by atoms with Crippen LogP contribution in [0.4, 0.5) is 10.1 Å². The molecule has 1 aliphatic heterocycles. The van der Waals surface area contributed by atoms with Gasteiger partial charge in [-0.25, -0.2) is 4.39 Å². The van der Waals surface area contributed by atoms with Crippen LogP contribution in [-0.4, -0.2) is 30.0 Å². The summed E-state index contributed by atoms with van der Waals surface area (Å²) in [6, 6.07) is 1.34. The fraction of sp³-hybridized carbons (Fsp3) is 0.526. The number of nitrogens with one attached hydrogen (secondary N) is 1. The number of H-pyrrole nitrogens is 1. The van der Waals surface area contributed by atoms with Gasteiger partial charge in [0.2, 0.25) is 0 Å². The second-order valence-electron chi connectivity index (χ2n) is 7.36. The van der Waals surface area contributed by atoms with Crippen LogP contribution < -0.4 is 16.4 Å². The number of piperidine rings is 1. The third-order valence-corrected chi connectivity index (χ3v) is 5.59. The highest BCUT2D eigenvalue weighted by Gasteiger charge is 2.28. The molecule has 0 bridgehead atoms. The first-order valence-corrected chi connectivity index (χ1v) is 9.22. The molecule has 1 aromatic carbocycles. The molecule has 2 heterocycles. The van der Waals surface area contributed by atoms with Crippen molar-refractivity contribution in [1.82, 2.24) is 4.98 Å². The van der Waals surface area contributed by atoms with E-state index >= 15 is 4.39 Å². The smallest absolute Gasteiger partial charge is 0.250 e. The van der Waals surface area contributed by atoms with Crippen molar-refractivity contribution in [1.29, 1.82) is 0 Å². The Hall–Kier alpha value is -2.08. The topological polar surface area (TPSA) is 88.1 Å². The standard InChI is InChI=1S/C19H25FN4O/c20-14-9-13(19(22)25)17-16(12-6-2-1-3-7-15(12)23-17)18(14)24-8-4-5-11(21)10-24/h9,11,23H,1-8,10,21H2,(H2,22,25). The van der Waals surface area contributed by atoms with Crippen LogP contribution >= 0.6 is 0 Å². The van der Waals surface area contributed by atoms with E-state index in [4.69, 9.17) is 11.5 Å². The minimum absolute atomic E-state index is 0.0524. The third-order valence-electron chi connectivity index (χ3n) is 5.59. The molecule has 1 unspecified atom stereocenters. The van der Waals surface area contributed by atoms with Crippen molar-refractivity contribution in [3.8, 4) is 0 Å². The van der Waals surface area contributed by atoms with Crippen LogP contribution in [0.25, 0.3) is 10.9 Å². The Labute approximate surface area is 146 Å². The number of nitrogens with two attached hydrogens (primary N) is 2. The van der Waals surface area contributed by atoms with Crippen LogP contribution in [-0.2, 0) is 12.8 Å². The maximum atomic E-state index is 15.1. The summed E-state index contributed by atoms with van der Waals surface area (Å²) in [7, 11) is 0. The van der Waals surface area contributed by atoms with Gasteiger partial charge in [0.1, 0.15) is 5.82 Å². The Bertz CT molecular complexity index is 829. The highest BCUT2D eigenvalue weighted by atomic mass is 19.1. The number of primary amides is 1. The molecule has 4 rings (SSSR count). The van der Waals surface area contributed by atoms with Crippen LogP contribution in [0.2, 0.25) is 0 Å². The van der Waals surface area contributed by atoms with Crippen LogP contribution in [0, 0.1) is 5.82 Å². The van der Waals surface area contributed by atoms with Gasteiger partial charge in [0.15, 0.2) is 0 Å². The zero-order chi connectivity index (χ0) is 17.6. The summed E-state index contributed by atoms with van der Waals surface area (Å²) in [5.74, 6) is -0.969. The maximum absolute atomic E-state index is 15.1. The summed E-state index contributed by atoms with van der Waals surface area (Å²) in [4.78, 5) is 17.3. The SMILES string of the molecule is NC(=O)c1cc(F)c(N2CCCC(N)C2)c2c3c([nH]c12)CCCCC3. The second kappa shape index (κ2) is 6.33. The number of benzene rings is 1. The van der Waals surface area contributed by atoms with E-state index in [1.165, 1.54) is 12.5 Å². The number of rotatable bonds is 2. The molecule has 5 N–H and O–H groups in total. The van der Waals surface area contributed by atoms with E-state index in [0.29, 0.717) is 17.7 Å². The number of hydrogen-bond acceptors (Lipinski definition) is 3. The van der Waals surface area contributed by atoms with Crippen molar-refractivity contribution >= 4 is 22.5 Å². The Morgan fingerprint density at radius 3 is 2.80 bits per heavy atom. The van der Waals surface area contributed by atoms with Crippen LogP contribution in [0.15, 0.2) is 6.07 Å². The number of aryl methyl sites for hydroxylation is 2. The van der Waals surface area contributed by atoms with E-state index in [1.54, 1.807) is 0 Å². The minimum atomic E-state index is -0.595. The molecule has 134 valence electrons. The summed E-state index contributed by atoms with van der Waals surface area (Å²) in [5, 5.41) is 0.847. The number of halogens is 1. The Morgan fingerprint density at radius 2 is 2.04 bits per heavy atom. The lowest BCUT2D eigenvalue weighted by Crippen LogP contribution is -2.43. The van der Waals surface area contributed by atoms with Crippen LogP contribution in [0.3, 0.4) is 0 Å². The van der Waals surface area contributed by atoms with Crippen LogP contribution in [0.1, 0.15) is 53.7 Å². The highest BCUT2D eigenvalue weighted by molar-refractivity contribution is 6.10. The van der Waals surface area contributed by atoms with E-state index in [1.807, 2.05) is 0 Å². The molecule has 1 atom stereocenters. The number of carbonyl (C=O) groups is 1. The van der Waals surface area contributed by atoms with Gasteiger partial charge in [-0.1, -0.05) is 6.42 Å². The summed E-state index contributed by atoms with van der Waals surface area (Å²) < 4.78 is 15.1. The van der Waals surface area contributed by atoms with Gasteiger partial charge < -0.3 is 21.4 Å². The Kier molecular flexibility index (Phi) is 4.15. The molecule has 2 aliphatic rings. The minimum Gasteiger partial charge on any atom is -0.367 e. The van der Waals surface area contributed by atoms with Crippen molar-refractivity contribution in [2.45, 2.75) is 51.0 Å². The van der Waals surface area contributed by atoms with Crippen molar-refractivity contribution in [3.05, 3.63) is 28.7 Å². The van der Waals surface area contributed by atoms with Gasteiger partial charge >= 0.3 is 0 Å². The highest BCUT2D eigenvalue weighted by Crippen LogP contribution is 2.39. The molecule has 0 spiro atoms. The van der Waals surface area contributed by atoms with Gasteiger partial charge in [-0.2, -0.15) is 0 Å². The first-order valence-electron chi connectivity index (χ1n) is 9.22. The number of hydrogen-bond donors (Lipinski definition) is 3. The molecular formula is C19H25FN4O. The maximum Gasteiger partial charge on any atom is 0.250 e. The van der Waals surface area contributed by atoms with Gasteiger partial charge in [-0.15, -0.1) is 0 Å². The number of nitrogens with zero attached hydrogens (tertiary/aromatic N) is 1. The van der Waals surface area contributed by atoms with E-state index in [-0.39, 0.29) is 17.4 Å². The van der Waals surface area contributed by atoms with Gasteiger partial charge in [0, 0.05) is 30.2 Å². The molecule has 1 aliphatic carbocycles. The van der Waals surface area contributed by atoms with E-state index in [2.05, 4.69) is 9.88 Å². The third kappa shape index (κ3) is 2.78. The quantitative estimate of drug-likeness (QED) is 0.732. The van der Waals surface area contributed by atoms with Crippen molar-refractivity contribution in [2.75, 3.05) is 18.0 Å². The average Bonchev–Trinajstić information content (AvgIpc) is 2.76. The molecular weight excluding hydrogens is 319 g/mol. The van der Waals surface area contributed by atoms with E-state index < -0.39 is 5.91 Å².